The third kappa shape index (κ3) is 2.41. The molecule has 1 heterocycles. The summed E-state index contributed by atoms with van der Waals surface area (Å²) in [6.45, 7) is 0. The van der Waals surface area contributed by atoms with Crippen LogP contribution in [0.15, 0.2) is 36.7 Å². The van der Waals surface area contributed by atoms with Crippen molar-refractivity contribution in [2.75, 3.05) is 0 Å². The Hall–Kier alpha value is -1.16. The Morgan fingerprint density at radius 1 is 1.18 bits per heavy atom. The van der Waals surface area contributed by atoms with Crippen molar-refractivity contribution in [3.63, 3.8) is 0 Å². The molecule has 2 nitrogen and oxygen atoms in total. The molecule has 2 rings (SSSR count). The van der Waals surface area contributed by atoms with Gasteiger partial charge in [-0.15, -0.1) is 0 Å². The first-order valence-corrected chi connectivity index (χ1v) is 5.58. The van der Waals surface area contributed by atoms with E-state index in [1.807, 2.05) is 0 Å². The highest BCUT2D eigenvalue weighted by Gasteiger charge is 2.18. The van der Waals surface area contributed by atoms with Crippen molar-refractivity contribution in [1.82, 2.24) is 4.98 Å². The van der Waals surface area contributed by atoms with Crippen LogP contribution in [0.3, 0.4) is 0 Å². The van der Waals surface area contributed by atoms with Gasteiger partial charge in [-0.25, -0.2) is 4.39 Å². The zero-order valence-electron chi connectivity index (χ0n) is 8.57. The van der Waals surface area contributed by atoms with Crippen molar-refractivity contribution in [2.24, 2.45) is 0 Å². The smallest absolute Gasteiger partial charge is 0.147 e. The second-order valence-corrected chi connectivity index (χ2v) is 4.23. The van der Waals surface area contributed by atoms with E-state index in [-0.39, 0.29) is 10.6 Å². The summed E-state index contributed by atoms with van der Waals surface area (Å²) in [4.78, 5) is 3.62. The van der Waals surface area contributed by atoms with Crippen molar-refractivity contribution < 1.29 is 9.50 Å². The molecule has 5 heteroatoms. The number of aliphatic hydroxyl groups excluding tert-OH is 1. The predicted molar refractivity (Wildman–Crippen MR) is 64.7 cm³/mol. The van der Waals surface area contributed by atoms with Gasteiger partial charge in [0.15, 0.2) is 0 Å². The molecule has 0 aliphatic rings. The molecule has 0 aliphatic heterocycles. The number of benzene rings is 1. The van der Waals surface area contributed by atoms with Crippen LogP contribution in [0, 0.1) is 5.82 Å². The van der Waals surface area contributed by atoms with E-state index in [9.17, 15) is 9.50 Å². The van der Waals surface area contributed by atoms with Gasteiger partial charge in [-0.05, 0) is 12.1 Å². The van der Waals surface area contributed by atoms with Gasteiger partial charge < -0.3 is 5.11 Å². The summed E-state index contributed by atoms with van der Waals surface area (Å²) >= 11 is 11.8. The topological polar surface area (TPSA) is 33.1 Å². The molecule has 1 atom stereocenters. The highest BCUT2D eigenvalue weighted by molar-refractivity contribution is 6.42. The van der Waals surface area contributed by atoms with Gasteiger partial charge in [0.05, 0.1) is 16.2 Å². The normalized spacial score (nSPS) is 12.5. The van der Waals surface area contributed by atoms with Crippen molar-refractivity contribution in [2.45, 2.75) is 6.10 Å². The lowest BCUT2D eigenvalue weighted by molar-refractivity contribution is 0.215. The SMILES string of the molecule is OC(c1ccncc1F)c1cccc(Cl)c1Cl. The molecule has 88 valence electrons. The lowest BCUT2D eigenvalue weighted by Crippen LogP contribution is -2.03. The molecule has 0 spiro atoms. The first kappa shape index (κ1) is 12.3. The molecule has 1 aromatic heterocycles. The first-order chi connectivity index (χ1) is 8.11. The molecule has 0 bridgehead atoms. The average molecular weight is 272 g/mol. The van der Waals surface area contributed by atoms with Crippen molar-refractivity contribution in [3.05, 3.63) is 63.6 Å². The van der Waals surface area contributed by atoms with Gasteiger partial charge in [-0.1, -0.05) is 35.3 Å². The number of pyridine rings is 1. The predicted octanol–water partition coefficient (Wildman–Crippen LogP) is 3.61. The van der Waals surface area contributed by atoms with Gasteiger partial charge in [-0.2, -0.15) is 0 Å². The number of hydrogen-bond acceptors (Lipinski definition) is 2. The molecule has 2 aromatic rings. The van der Waals surface area contributed by atoms with Crippen LogP contribution < -0.4 is 0 Å². The Bertz CT molecular complexity index is 548. The van der Waals surface area contributed by atoms with Crippen LogP contribution in [0.4, 0.5) is 4.39 Å². The second-order valence-electron chi connectivity index (χ2n) is 3.44. The molecule has 1 unspecified atom stereocenters. The Balaban J connectivity index is 2.48. The lowest BCUT2D eigenvalue weighted by Gasteiger charge is -2.14. The molecule has 1 aromatic carbocycles. The molecule has 0 fully saturated rings. The van der Waals surface area contributed by atoms with Gasteiger partial charge in [-0.3, -0.25) is 4.98 Å². The Morgan fingerprint density at radius 3 is 2.65 bits per heavy atom. The molecular formula is C12H8Cl2FNO. The second kappa shape index (κ2) is 5.00. The number of rotatable bonds is 2. The largest absolute Gasteiger partial charge is 0.383 e. The van der Waals surface area contributed by atoms with Crippen LogP contribution in [-0.2, 0) is 0 Å². The fourth-order valence-electron chi connectivity index (χ4n) is 1.51. The Labute approximate surface area is 108 Å². The van der Waals surface area contributed by atoms with Crippen molar-refractivity contribution >= 4 is 23.2 Å². The number of aromatic nitrogens is 1. The van der Waals surface area contributed by atoms with E-state index in [1.165, 1.54) is 12.3 Å². The van der Waals surface area contributed by atoms with E-state index in [0.717, 1.165) is 6.20 Å². The number of halogens is 3. The summed E-state index contributed by atoms with van der Waals surface area (Å²) < 4.78 is 13.5. The third-order valence-electron chi connectivity index (χ3n) is 2.37. The van der Waals surface area contributed by atoms with E-state index in [2.05, 4.69) is 4.98 Å². The van der Waals surface area contributed by atoms with E-state index in [1.54, 1.807) is 18.2 Å². The van der Waals surface area contributed by atoms with Crippen LogP contribution in [0.2, 0.25) is 10.0 Å². The molecule has 0 radical (unpaired) electrons. The van der Waals surface area contributed by atoms with Crippen LogP contribution in [0.5, 0.6) is 0 Å². The standard InChI is InChI=1S/C12H8Cl2FNO/c13-9-3-1-2-8(11(9)14)12(17)7-4-5-16-6-10(7)15/h1-6,12,17H. The van der Waals surface area contributed by atoms with Crippen LogP contribution in [0.1, 0.15) is 17.2 Å². The van der Waals surface area contributed by atoms with Crippen molar-refractivity contribution in [1.29, 1.82) is 0 Å². The highest BCUT2D eigenvalue weighted by Crippen LogP contribution is 2.33. The minimum atomic E-state index is -1.16. The van der Waals surface area contributed by atoms with E-state index in [4.69, 9.17) is 23.2 Å². The third-order valence-corrected chi connectivity index (χ3v) is 3.21. The highest BCUT2D eigenvalue weighted by atomic mass is 35.5. The van der Waals surface area contributed by atoms with Crippen LogP contribution in [0.25, 0.3) is 0 Å². The van der Waals surface area contributed by atoms with Gasteiger partial charge in [0, 0.05) is 17.3 Å². The van der Waals surface area contributed by atoms with Crippen molar-refractivity contribution in [3.8, 4) is 0 Å². The lowest BCUT2D eigenvalue weighted by atomic mass is 10.0. The summed E-state index contributed by atoms with van der Waals surface area (Å²) in [5.74, 6) is -0.587. The van der Waals surface area contributed by atoms with Crippen LogP contribution in [-0.4, -0.2) is 10.1 Å². The number of nitrogens with zero attached hydrogens (tertiary/aromatic N) is 1. The molecule has 1 N–H and O–H groups in total. The maximum absolute atomic E-state index is 13.5. The number of aliphatic hydroxyl groups is 1. The molecule has 17 heavy (non-hydrogen) atoms. The quantitative estimate of drug-likeness (QED) is 0.905. The minimum absolute atomic E-state index is 0.115. The summed E-state index contributed by atoms with van der Waals surface area (Å²) in [5.41, 5.74) is 0.480. The molecule has 0 saturated heterocycles. The fourth-order valence-corrected chi connectivity index (χ4v) is 1.92. The monoisotopic (exact) mass is 271 g/mol. The fraction of sp³-hybridized carbons (Fsp3) is 0.0833. The Kier molecular flexibility index (Phi) is 3.62. The summed E-state index contributed by atoms with van der Waals surface area (Å²) in [7, 11) is 0. The number of hydrogen-bond donors (Lipinski definition) is 1. The first-order valence-electron chi connectivity index (χ1n) is 4.82. The maximum atomic E-state index is 13.5. The minimum Gasteiger partial charge on any atom is -0.383 e. The van der Waals surface area contributed by atoms with E-state index >= 15 is 0 Å². The van der Waals surface area contributed by atoms with E-state index < -0.39 is 11.9 Å². The zero-order chi connectivity index (χ0) is 12.4. The summed E-state index contributed by atoms with van der Waals surface area (Å²) in [5, 5.41) is 10.6. The van der Waals surface area contributed by atoms with Gasteiger partial charge >= 0.3 is 0 Å². The summed E-state index contributed by atoms with van der Waals surface area (Å²) in [6, 6.07) is 6.24. The zero-order valence-corrected chi connectivity index (χ0v) is 10.1. The van der Waals surface area contributed by atoms with Gasteiger partial charge in [0.1, 0.15) is 11.9 Å². The molecule has 0 saturated carbocycles. The van der Waals surface area contributed by atoms with E-state index in [0.29, 0.717) is 10.6 Å². The average Bonchev–Trinajstić information content (AvgIpc) is 2.32. The molecular weight excluding hydrogens is 264 g/mol. The Morgan fingerprint density at radius 2 is 1.94 bits per heavy atom. The summed E-state index contributed by atoms with van der Waals surface area (Å²) in [6.07, 6.45) is 1.28. The molecule has 0 amide bonds. The molecule has 0 aliphatic carbocycles. The maximum Gasteiger partial charge on any atom is 0.147 e. The van der Waals surface area contributed by atoms with Gasteiger partial charge in [0.2, 0.25) is 0 Å². The van der Waals surface area contributed by atoms with Gasteiger partial charge in [0.25, 0.3) is 0 Å². The van der Waals surface area contributed by atoms with Crippen LogP contribution >= 0.6 is 23.2 Å².